The van der Waals surface area contributed by atoms with Crippen molar-refractivity contribution >= 4 is 17.7 Å². The van der Waals surface area contributed by atoms with Crippen LogP contribution in [0.1, 0.15) is 12.8 Å². The molecular formula is C19H24F3N5O4. The summed E-state index contributed by atoms with van der Waals surface area (Å²) in [6, 6.07) is -0.441. The van der Waals surface area contributed by atoms with Gasteiger partial charge in [0.05, 0.1) is 32.0 Å². The van der Waals surface area contributed by atoms with Crippen LogP contribution in [-0.4, -0.2) is 90.7 Å². The molecule has 2 bridgehead atoms. The first kappa shape index (κ1) is 20.6. The van der Waals surface area contributed by atoms with Crippen LogP contribution in [-0.2, 0) is 20.8 Å². The van der Waals surface area contributed by atoms with E-state index in [0.29, 0.717) is 45.3 Å². The molecule has 0 radical (unpaired) electrons. The van der Waals surface area contributed by atoms with E-state index in [1.54, 1.807) is 0 Å². The minimum absolute atomic E-state index is 0.0486. The van der Waals surface area contributed by atoms with E-state index >= 15 is 0 Å². The first-order valence-electron chi connectivity index (χ1n) is 10.5. The van der Waals surface area contributed by atoms with Crippen LogP contribution >= 0.6 is 0 Å². The second-order valence-electron chi connectivity index (χ2n) is 8.37. The molecule has 4 aliphatic heterocycles. The van der Waals surface area contributed by atoms with Crippen LogP contribution in [0.4, 0.5) is 24.9 Å². The number of alkyl halides is 3. The number of hydrogen-bond acceptors (Lipinski definition) is 7. The zero-order valence-corrected chi connectivity index (χ0v) is 16.9. The molecule has 3 atom stereocenters. The molecular weight excluding hydrogens is 419 g/mol. The van der Waals surface area contributed by atoms with Gasteiger partial charge in [0.15, 0.2) is 0 Å². The Morgan fingerprint density at radius 3 is 2.65 bits per heavy atom. The molecule has 0 aromatic carbocycles. The zero-order chi connectivity index (χ0) is 21.8. The van der Waals surface area contributed by atoms with Gasteiger partial charge in [-0.1, -0.05) is 0 Å². The molecule has 5 heterocycles. The first-order chi connectivity index (χ1) is 14.8. The molecule has 1 aromatic heterocycles. The summed E-state index contributed by atoms with van der Waals surface area (Å²) in [6.45, 7) is 1.85. The van der Waals surface area contributed by atoms with Gasteiger partial charge in [-0.2, -0.15) is 18.2 Å². The van der Waals surface area contributed by atoms with Crippen molar-refractivity contribution in [3.63, 3.8) is 0 Å². The number of halogens is 3. The molecule has 2 unspecified atom stereocenters. The van der Waals surface area contributed by atoms with Gasteiger partial charge in [-0.05, 0) is 12.8 Å². The monoisotopic (exact) mass is 443 g/mol. The van der Waals surface area contributed by atoms with Crippen LogP contribution in [0.5, 0.6) is 0 Å². The molecule has 1 amide bonds. The number of nitrogens with zero attached hydrogens (tertiary/aromatic N) is 5. The fourth-order valence-electron chi connectivity index (χ4n) is 4.87. The lowest BCUT2D eigenvalue weighted by atomic mass is 10.1. The smallest absolute Gasteiger partial charge is 0.378 e. The standard InChI is InChI=1S/C19H24F3N5O4/c20-19(21,22)14-1-2-25-16(28)8-15(26-9-13-7-12(26)11-31-13)23-18(25)27(14)10-17(29)24-3-5-30-6-4-24/h8,12-14H,1-7,9-11H2/t12?,13?,14-/m0/s1. The van der Waals surface area contributed by atoms with E-state index in [1.807, 2.05) is 4.90 Å². The Kier molecular flexibility index (Phi) is 5.08. The van der Waals surface area contributed by atoms with E-state index in [9.17, 15) is 22.8 Å². The van der Waals surface area contributed by atoms with Gasteiger partial charge in [-0.25, -0.2) is 0 Å². The van der Waals surface area contributed by atoms with Gasteiger partial charge >= 0.3 is 6.18 Å². The number of anilines is 2. The van der Waals surface area contributed by atoms with Crippen LogP contribution in [0.3, 0.4) is 0 Å². The third kappa shape index (κ3) is 3.75. The van der Waals surface area contributed by atoms with Crippen molar-refractivity contribution in [3.05, 3.63) is 16.4 Å². The number of carbonyl (C=O) groups is 1. The van der Waals surface area contributed by atoms with Crippen LogP contribution < -0.4 is 15.4 Å². The average Bonchev–Trinajstić information content (AvgIpc) is 3.37. The minimum atomic E-state index is -4.55. The summed E-state index contributed by atoms with van der Waals surface area (Å²) >= 11 is 0. The minimum Gasteiger partial charge on any atom is -0.378 e. The van der Waals surface area contributed by atoms with Gasteiger partial charge in [0.2, 0.25) is 11.9 Å². The summed E-state index contributed by atoms with van der Waals surface area (Å²) in [5.74, 6) is -0.181. The number of rotatable bonds is 3. The van der Waals surface area contributed by atoms with Crippen molar-refractivity contribution in [2.45, 2.75) is 43.8 Å². The van der Waals surface area contributed by atoms with Gasteiger partial charge in [0, 0.05) is 32.2 Å². The predicted molar refractivity (Wildman–Crippen MR) is 103 cm³/mol. The summed E-state index contributed by atoms with van der Waals surface area (Å²) in [7, 11) is 0. The number of amides is 1. The Morgan fingerprint density at radius 2 is 2.00 bits per heavy atom. The van der Waals surface area contributed by atoms with Crippen molar-refractivity contribution in [2.24, 2.45) is 0 Å². The molecule has 5 rings (SSSR count). The van der Waals surface area contributed by atoms with E-state index in [4.69, 9.17) is 9.47 Å². The van der Waals surface area contributed by atoms with Gasteiger partial charge in [-0.15, -0.1) is 0 Å². The molecule has 1 aromatic rings. The summed E-state index contributed by atoms with van der Waals surface area (Å²) in [6.07, 6.45) is -4.00. The number of carbonyl (C=O) groups excluding carboxylic acids is 1. The molecule has 0 aliphatic carbocycles. The maximum absolute atomic E-state index is 13.9. The Hall–Kier alpha value is -2.34. The average molecular weight is 443 g/mol. The van der Waals surface area contributed by atoms with Gasteiger partial charge < -0.3 is 24.2 Å². The Balaban J connectivity index is 1.49. The highest BCUT2D eigenvalue weighted by atomic mass is 19.4. The van der Waals surface area contributed by atoms with E-state index in [2.05, 4.69) is 4.98 Å². The Bertz CT molecular complexity index is 917. The highest BCUT2D eigenvalue weighted by molar-refractivity contribution is 5.81. The second kappa shape index (κ2) is 7.66. The van der Waals surface area contributed by atoms with Gasteiger partial charge in [0.25, 0.3) is 5.56 Å². The highest BCUT2D eigenvalue weighted by Crippen LogP contribution is 2.36. The maximum atomic E-state index is 13.9. The largest absolute Gasteiger partial charge is 0.408 e. The van der Waals surface area contributed by atoms with E-state index in [0.717, 1.165) is 11.3 Å². The molecule has 4 aliphatic rings. The lowest BCUT2D eigenvalue weighted by Crippen LogP contribution is -2.56. The number of aromatic nitrogens is 2. The van der Waals surface area contributed by atoms with Crippen LogP contribution in [0.2, 0.25) is 0 Å². The second-order valence-corrected chi connectivity index (χ2v) is 8.37. The first-order valence-corrected chi connectivity index (χ1v) is 10.5. The predicted octanol–water partition coefficient (Wildman–Crippen LogP) is 0.221. The van der Waals surface area contributed by atoms with Crippen molar-refractivity contribution < 1.29 is 27.4 Å². The zero-order valence-electron chi connectivity index (χ0n) is 16.9. The quantitative estimate of drug-likeness (QED) is 0.661. The fourth-order valence-corrected chi connectivity index (χ4v) is 4.87. The van der Waals surface area contributed by atoms with Crippen molar-refractivity contribution in [3.8, 4) is 0 Å². The Labute approximate surface area is 176 Å². The van der Waals surface area contributed by atoms with E-state index in [-0.39, 0.29) is 31.1 Å². The van der Waals surface area contributed by atoms with Crippen molar-refractivity contribution in [1.82, 2.24) is 14.5 Å². The molecule has 9 nitrogen and oxygen atoms in total. The van der Waals surface area contributed by atoms with Crippen molar-refractivity contribution in [2.75, 3.05) is 55.8 Å². The molecule has 0 saturated carbocycles. The van der Waals surface area contributed by atoms with Crippen LogP contribution in [0.15, 0.2) is 10.9 Å². The third-order valence-electron chi connectivity index (χ3n) is 6.48. The molecule has 0 spiro atoms. The normalized spacial score (nSPS) is 28.2. The molecule has 0 N–H and O–H groups in total. The summed E-state index contributed by atoms with van der Waals surface area (Å²) in [5, 5.41) is 0. The molecule has 170 valence electrons. The highest BCUT2D eigenvalue weighted by Gasteiger charge is 2.48. The molecule has 31 heavy (non-hydrogen) atoms. The molecule has 12 heteroatoms. The Morgan fingerprint density at radius 1 is 1.23 bits per heavy atom. The number of fused-ring (bicyclic) bond motifs is 3. The summed E-state index contributed by atoms with van der Waals surface area (Å²) in [4.78, 5) is 34.4. The number of ether oxygens (including phenoxy) is 2. The van der Waals surface area contributed by atoms with Gasteiger partial charge in [-0.3, -0.25) is 14.2 Å². The molecule has 3 saturated heterocycles. The van der Waals surface area contributed by atoms with Crippen LogP contribution in [0.25, 0.3) is 0 Å². The number of morpholine rings is 2. The van der Waals surface area contributed by atoms with E-state index in [1.165, 1.54) is 15.5 Å². The summed E-state index contributed by atoms with van der Waals surface area (Å²) < 4.78 is 53.7. The van der Waals surface area contributed by atoms with Crippen molar-refractivity contribution in [1.29, 1.82) is 0 Å². The third-order valence-corrected chi connectivity index (χ3v) is 6.48. The molecule has 3 fully saturated rings. The fraction of sp³-hybridized carbons (Fsp3) is 0.737. The van der Waals surface area contributed by atoms with E-state index < -0.39 is 30.2 Å². The van der Waals surface area contributed by atoms with Crippen LogP contribution in [0, 0.1) is 0 Å². The lowest BCUT2D eigenvalue weighted by Gasteiger charge is -2.40. The SMILES string of the molecule is O=C(CN1c2nc(N3CC4CC3CO4)cc(=O)n2CC[C@H]1C(F)(F)F)N1CCOCC1. The lowest BCUT2D eigenvalue weighted by molar-refractivity contribution is -0.154. The maximum Gasteiger partial charge on any atom is 0.408 e. The number of hydrogen-bond donors (Lipinski definition) is 0. The topological polar surface area (TPSA) is 80.1 Å². The summed E-state index contributed by atoms with van der Waals surface area (Å²) in [5.41, 5.74) is -0.409. The van der Waals surface area contributed by atoms with Gasteiger partial charge in [0.1, 0.15) is 18.4 Å².